The summed E-state index contributed by atoms with van der Waals surface area (Å²) in [4.78, 5) is 23.0. The van der Waals surface area contributed by atoms with E-state index >= 15 is 0 Å². The van der Waals surface area contributed by atoms with Crippen LogP contribution in [0.15, 0.2) is 6.07 Å². The summed E-state index contributed by atoms with van der Waals surface area (Å²) in [6.45, 7) is 6.73. The Morgan fingerprint density at radius 1 is 1.33 bits per heavy atom. The molecule has 2 atom stereocenters. The second-order valence-corrected chi connectivity index (χ2v) is 7.03. The van der Waals surface area contributed by atoms with Crippen LogP contribution < -0.4 is 10.6 Å². The summed E-state index contributed by atoms with van der Waals surface area (Å²) in [6, 6.07) is 2.05. The molecular weight excluding hydrogens is 304 g/mol. The molecule has 1 aromatic heterocycles. The van der Waals surface area contributed by atoms with Crippen LogP contribution in [0.1, 0.15) is 44.0 Å². The number of aromatic nitrogens is 2. The first-order chi connectivity index (χ1) is 11.6. The van der Waals surface area contributed by atoms with Gasteiger partial charge in [-0.05, 0) is 51.0 Å². The number of ether oxygens (including phenoxy) is 1. The minimum Gasteiger partial charge on any atom is -0.377 e. The summed E-state index contributed by atoms with van der Waals surface area (Å²) in [5.41, 5.74) is 7.62. The molecule has 2 N–H and O–H groups in total. The molecule has 24 heavy (non-hydrogen) atoms. The van der Waals surface area contributed by atoms with E-state index in [1.807, 2.05) is 6.92 Å². The Morgan fingerprint density at radius 2 is 2.08 bits per heavy atom. The molecule has 2 fully saturated rings. The second-order valence-electron chi connectivity index (χ2n) is 7.03. The highest BCUT2D eigenvalue weighted by molar-refractivity contribution is 5.77. The van der Waals surface area contributed by atoms with Crippen molar-refractivity contribution in [1.29, 1.82) is 0 Å². The van der Waals surface area contributed by atoms with Gasteiger partial charge in [-0.25, -0.2) is 9.97 Å². The lowest BCUT2D eigenvalue weighted by Gasteiger charge is -2.33. The molecule has 0 aliphatic carbocycles. The third kappa shape index (κ3) is 3.86. The van der Waals surface area contributed by atoms with Crippen LogP contribution in [0.3, 0.4) is 0 Å². The quantitative estimate of drug-likeness (QED) is 0.890. The zero-order valence-corrected chi connectivity index (χ0v) is 14.7. The topological polar surface area (TPSA) is 81.3 Å². The first kappa shape index (κ1) is 17.1. The van der Waals surface area contributed by atoms with Crippen molar-refractivity contribution in [2.24, 2.45) is 17.6 Å². The van der Waals surface area contributed by atoms with Crippen LogP contribution in [0.25, 0.3) is 0 Å². The molecule has 1 aromatic rings. The Kier molecular flexibility index (Phi) is 5.33. The van der Waals surface area contributed by atoms with E-state index in [4.69, 9.17) is 10.5 Å². The van der Waals surface area contributed by atoms with Gasteiger partial charge in [-0.2, -0.15) is 0 Å². The highest BCUT2D eigenvalue weighted by Crippen LogP contribution is 2.31. The van der Waals surface area contributed by atoms with Crippen molar-refractivity contribution < 1.29 is 9.53 Å². The maximum Gasteiger partial charge on any atom is 0.225 e. The molecule has 0 radical (unpaired) electrons. The number of nitrogens with zero attached hydrogens (tertiary/aromatic N) is 3. The standard InChI is InChI=1S/C18H28N4O2/c1-3-14-10-12(2)20-18(21-14)22-7-4-13(5-8-22)11-16-15(17(19)23)6-9-24-16/h10,13,15-16H,3-9,11H2,1-2H3,(H2,19,23)/t15-,16-/m1/s1. The monoisotopic (exact) mass is 332 g/mol. The van der Waals surface area contributed by atoms with Crippen LogP contribution >= 0.6 is 0 Å². The summed E-state index contributed by atoms with van der Waals surface area (Å²) in [7, 11) is 0. The maximum absolute atomic E-state index is 11.5. The Labute approximate surface area is 143 Å². The normalized spacial score (nSPS) is 25.2. The fourth-order valence-corrected chi connectivity index (χ4v) is 3.84. The van der Waals surface area contributed by atoms with E-state index in [1.165, 1.54) is 0 Å². The van der Waals surface area contributed by atoms with Gasteiger partial charge in [0, 0.05) is 31.1 Å². The van der Waals surface area contributed by atoms with Crippen LogP contribution in [0.5, 0.6) is 0 Å². The minimum absolute atomic E-state index is 0.0148. The number of nitrogens with two attached hydrogens (primary N) is 1. The lowest BCUT2D eigenvalue weighted by atomic mass is 9.86. The van der Waals surface area contributed by atoms with Gasteiger partial charge in [0.1, 0.15) is 0 Å². The number of anilines is 1. The van der Waals surface area contributed by atoms with E-state index in [-0.39, 0.29) is 17.9 Å². The Morgan fingerprint density at radius 3 is 2.75 bits per heavy atom. The highest BCUT2D eigenvalue weighted by Gasteiger charge is 2.35. The van der Waals surface area contributed by atoms with E-state index in [2.05, 4.69) is 27.9 Å². The van der Waals surface area contributed by atoms with Gasteiger partial charge in [-0.3, -0.25) is 4.79 Å². The lowest BCUT2D eigenvalue weighted by molar-refractivity contribution is -0.123. The van der Waals surface area contributed by atoms with Crippen molar-refractivity contribution in [2.45, 2.75) is 52.1 Å². The molecule has 132 valence electrons. The van der Waals surface area contributed by atoms with Gasteiger partial charge in [0.25, 0.3) is 0 Å². The predicted molar refractivity (Wildman–Crippen MR) is 92.7 cm³/mol. The molecule has 0 unspecified atom stereocenters. The molecule has 0 saturated carbocycles. The third-order valence-corrected chi connectivity index (χ3v) is 5.30. The number of carbonyl (C=O) groups excluding carboxylic acids is 1. The first-order valence-corrected chi connectivity index (χ1v) is 9.07. The molecule has 1 amide bonds. The van der Waals surface area contributed by atoms with Gasteiger partial charge in [-0.15, -0.1) is 0 Å². The zero-order chi connectivity index (χ0) is 17.1. The molecule has 2 aliphatic heterocycles. The van der Waals surface area contributed by atoms with Gasteiger partial charge < -0.3 is 15.4 Å². The number of hydrogen-bond acceptors (Lipinski definition) is 5. The predicted octanol–water partition coefficient (Wildman–Crippen LogP) is 1.84. The number of hydrogen-bond donors (Lipinski definition) is 1. The maximum atomic E-state index is 11.5. The van der Waals surface area contributed by atoms with Gasteiger partial charge >= 0.3 is 0 Å². The van der Waals surface area contributed by atoms with Gasteiger partial charge in [0.2, 0.25) is 11.9 Å². The average molecular weight is 332 g/mol. The fourth-order valence-electron chi connectivity index (χ4n) is 3.84. The summed E-state index contributed by atoms with van der Waals surface area (Å²) in [5.74, 6) is 1.13. The van der Waals surface area contributed by atoms with Gasteiger partial charge in [-0.1, -0.05) is 6.92 Å². The largest absolute Gasteiger partial charge is 0.377 e. The van der Waals surface area contributed by atoms with E-state index in [0.717, 1.165) is 62.5 Å². The molecule has 0 aromatic carbocycles. The molecular formula is C18H28N4O2. The molecule has 3 rings (SSSR count). The van der Waals surface area contributed by atoms with Crippen LogP contribution in [0, 0.1) is 18.8 Å². The highest BCUT2D eigenvalue weighted by atomic mass is 16.5. The number of primary amides is 1. The number of rotatable bonds is 5. The van der Waals surface area contributed by atoms with Gasteiger partial charge in [0.05, 0.1) is 12.0 Å². The van der Waals surface area contributed by atoms with Crippen molar-refractivity contribution in [2.75, 3.05) is 24.6 Å². The Hall–Kier alpha value is -1.69. The molecule has 6 heteroatoms. The third-order valence-electron chi connectivity index (χ3n) is 5.30. The number of aryl methyl sites for hydroxylation is 2. The molecule has 0 spiro atoms. The number of piperidine rings is 1. The second kappa shape index (κ2) is 7.47. The number of carbonyl (C=O) groups is 1. The summed E-state index contributed by atoms with van der Waals surface area (Å²) < 4.78 is 5.75. The van der Waals surface area contributed by atoms with E-state index in [1.54, 1.807) is 0 Å². The van der Waals surface area contributed by atoms with E-state index < -0.39 is 0 Å². The lowest BCUT2D eigenvalue weighted by Crippen LogP contribution is -2.38. The zero-order valence-electron chi connectivity index (χ0n) is 14.7. The smallest absolute Gasteiger partial charge is 0.225 e. The summed E-state index contributed by atoms with van der Waals surface area (Å²) in [6.07, 6.45) is 4.83. The van der Waals surface area contributed by atoms with E-state index in [0.29, 0.717) is 12.5 Å². The molecule has 2 aliphatic rings. The average Bonchev–Trinajstić information content (AvgIpc) is 3.03. The van der Waals surface area contributed by atoms with Crippen molar-refractivity contribution in [3.05, 3.63) is 17.5 Å². The minimum atomic E-state index is -0.213. The summed E-state index contributed by atoms with van der Waals surface area (Å²) >= 11 is 0. The molecule has 0 bridgehead atoms. The molecule has 6 nitrogen and oxygen atoms in total. The van der Waals surface area contributed by atoms with Crippen LogP contribution in [-0.4, -0.2) is 41.7 Å². The summed E-state index contributed by atoms with van der Waals surface area (Å²) in [5, 5.41) is 0. The first-order valence-electron chi connectivity index (χ1n) is 9.07. The van der Waals surface area contributed by atoms with Crippen LogP contribution in [0.4, 0.5) is 5.95 Å². The number of amides is 1. The fraction of sp³-hybridized carbons (Fsp3) is 0.722. The molecule has 2 saturated heterocycles. The Bertz CT molecular complexity index is 584. The van der Waals surface area contributed by atoms with E-state index in [9.17, 15) is 4.79 Å². The molecule has 3 heterocycles. The Balaban J connectivity index is 1.56. The SMILES string of the molecule is CCc1cc(C)nc(N2CCC(C[C@H]3OCC[C@H]3C(N)=O)CC2)n1. The van der Waals surface area contributed by atoms with Crippen molar-refractivity contribution in [1.82, 2.24) is 9.97 Å². The van der Waals surface area contributed by atoms with Crippen LogP contribution in [-0.2, 0) is 16.0 Å². The van der Waals surface area contributed by atoms with Crippen LogP contribution in [0.2, 0.25) is 0 Å². The van der Waals surface area contributed by atoms with Crippen molar-refractivity contribution in [3.63, 3.8) is 0 Å². The van der Waals surface area contributed by atoms with Gasteiger partial charge in [0.15, 0.2) is 0 Å². The van der Waals surface area contributed by atoms with Crippen molar-refractivity contribution >= 4 is 11.9 Å². The van der Waals surface area contributed by atoms with Crippen molar-refractivity contribution in [3.8, 4) is 0 Å².